The molecule has 1 aromatic rings. The Labute approximate surface area is 67.2 Å². The van der Waals surface area contributed by atoms with Crippen molar-refractivity contribution in [3.63, 3.8) is 0 Å². The minimum Gasteiger partial charge on any atom is -0.467 e. The third-order valence-corrected chi connectivity index (χ3v) is 1.54. The molecule has 0 aliphatic heterocycles. The summed E-state index contributed by atoms with van der Waals surface area (Å²) in [4.78, 5) is 0. The van der Waals surface area contributed by atoms with Crippen molar-refractivity contribution in [1.82, 2.24) is 0 Å². The Morgan fingerprint density at radius 3 is 2.42 bits per heavy atom. The lowest BCUT2D eigenvalue weighted by atomic mass is 10.1. The summed E-state index contributed by atoms with van der Waals surface area (Å²) in [6.07, 6.45) is -3.25. The van der Waals surface area contributed by atoms with Gasteiger partial charge in [-0.3, -0.25) is 0 Å². The Balaban J connectivity index is 2.92. The molecular formula is C7H8F3NO. The SMILES string of the molecule is Cc1ccoc1C(N)C(F)(F)F. The second-order valence-electron chi connectivity index (χ2n) is 2.49. The van der Waals surface area contributed by atoms with E-state index in [9.17, 15) is 13.2 Å². The first-order chi connectivity index (χ1) is 5.43. The molecule has 1 heterocycles. The molecule has 0 spiro atoms. The molecule has 0 amide bonds. The highest BCUT2D eigenvalue weighted by molar-refractivity contribution is 5.18. The summed E-state index contributed by atoms with van der Waals surface area (Å²) in [6.45, 7) is 1.52. The Bertz CT molecular complexity index is 266. The number of furan rings is 1. The van der Waals surface area contributed by atoms with Gasteiger partial charge in [0.15, 0.2) is 6.04 Å². The lowest BCUT2D eigenvalue weighted by Crippen LogP contribution is -2.28. The van der Waals surface area contributed by atoms with Gasteiger partial charge in [-0.1, -0.05) is 0 Å². The predicted octanol–water partition coefficient (Wildman–Crippen LogP) is 2.15. The smallest absolute Gasteiger partial charge is 0.410 e. The zero-order valence-electron chi connectivity index (χ0n) is 6.35. The standard InChI is InChI=1S/C7H8F3NO/c1-4-2-3-12-5(4)6(11)7(8,9)10/h2-3,6H,11H2,1H3. The highest BCUT2D eigenvalue weighted by Crippen LogP contribution is 2.32. The van der Waals surface area contributed by atoms with E-state index in [4.69, 9.17) is 5.73 Å². The Morgan fingerprint density at radius 2 is 2.08 bits per heavy atom. The highest BCUT2D eigenvalue weighted by Gasteiger charge is 2.40. The van der Waals surface area contributed by atoms with Crippen LogP contribution in [0.5, 0.6) is 0 Å². The van der Waals surface area contributed by atoms with Crippen molar-refractivity contribution >= 4 is 0 Å². The van der Waals surface area contributed by atoms with Crippen LogP contribution in [-0.2, 0) is 0 Å². The first-order valence-corrected chi connectivity index (χ1v) is 3.29. The molecule has 0 fully saturated rings. The van der Waals surface area contributed by atoms with E-state index < -0.39 is 12.2 Å². The van der Waals surface area contributed by atoms with Crippen molar-refractivity contribution in [3.8, 4) is 0 Å². The Morgan fingerprint density at radius 1 is 1.50 bits per heavy atom. The van der Waals surface area contributed by atoms with Gasteiger partial charge in [0.25, 0.3) is 0 Å². The van der Waals surface area contributed by atoms with E-state index in [0.29, 0.717) is 5.56 Å². The zero-order valence-corrected chi connectivity index (χ0v) is 6.35. The molecule has 1 unspecified atom stereocenters. The number of nitrogens with two attached hydrogens (primary N) is 1. The number of hydrogen-bond donors (Lipinski definition) is 1. The van der Waals surface area contributed by atoms with Gasteiger partial charge in [0.05, 0.1) is 6.26 Å². The largest absolute Gasteiger partial charge is 0.467 e. The Kier molecular flexibility index (Phi) is 2.14. The molecule has 0 aliphatic carbocycles. The van der Waals surface area contributed by atoms with Crippen LogP contribution in [0.25, 0.3) is 0 Å². The lowest BCUT2D eigenvalue weighted by Gasteiger charge is -2.13. The molecule has 0 aromatic carbocycles. The van der Waals surface area contributed by atoms with Gasteiger partial charge >= 0.3 is 6.18 Å². The number of aryl methyl sites for hydroxylation is 1. The topological polar surface area (TPSA) is 39.2 Å². The van der Waals surface area contributed by atoms with Crippen molar-refractivity contribution in [2.45, 2.75) is 19.1 Å². The molecule has 1 rings (SSSR count). The second kappa shape index (κ2) is 2.82. The van der Waals surface area contributed by atoms with Gasteiger partial charge in [0.1, 0.15) is 5.76 Å². The van der Waals surface area contributed by atoms with E-state index in [-0.39, 0.29) is 5.76 Å². The summed E-state index contributed by atoms with van der Waals surface area (Å²) in [5, 5.41) is 0. The predicted molar refractivity (Wildman–Crippen MR) is 36.4 cm³/mol. The average molecular weight is 179 g/mol. The van der Waals surface area contributed by atoms with Crippen LogP contribution in [0.15, 0.2) is 16.7 Å². The molecule has 0 aliphatic rings. The second-order valence-corrected chi connectivity index (χ2v) is 2.49. The van der Waals surface area contributed by atoms with Gasteiger partial charge in [-0.25, -0.2) is 0 Å². The maximum absolute atomic E-state index is 12.0. The molecule has 0 saturated carbocycles. The van der Waals surface area contributed by atoms with E-state index in [1.165, 1.54) is 19.3 Å². The lowest BCUT2D eigenvalue weighted by molar-refractivity contribution is -0.152. The first-order valence-electron chi connectivity index (χ1n) is 3.29. The van der Waals surface area contributed by atoms with Gasteiger partial charge in [0, 0.05) is 0 Å². The molecule has 2 nitrogen and oxygen atoms in total. The minimum atomic E-state index is -4.44. The summed E-state index contributed by atoms with van der Waals surface area (Å²) in [5.41, 5.74) is 5.32. The van der Waals surface area contributed by atoms with Crippen LogP contribution in [0.3, 0.4) is 0 Å². The van der Waals surface area contributed by atoms with E-state index in [1.54, 1.807) is 0 Å². The normalized spacial score (nSPS) is 14.8. The van der Waals surface area contributed by atoms with Crippen molar-refractivity contribution < 1.29 is 17.6 Å². The van der Waals surface area contributed by atoms with Crippen molar-refractivity contribution in [2.75, 3.05) is 0 Å². The molecule has 68 valence electrons. The maximum atomic E-state index is 12.0. The monoisotopic (exact) mass is 179 g/mol. The summed E-state index contributed by atoms with van der Waals surface area (Å²) in [6, 6.07) is -0.575. The van der Waals surface area contributed by atoms with Crippen LogP contribution >= 0.6 is 0 Å². The maximum Gasteiger partial charge on any atom is 0.410 e. The summed E-state index contributed by atoms with van der Waals surface area (Å²) in [5.74, 6) is -0.220. The Hall–Kier alpha value is -0.970. The van der Waals surface area contributed by atoms with Gasteiger partial charge in [-0.15, -0.1) is 0 Å². The van der Waals surface area contributed by atoms with E-state index in [2.05, 4.69) is 4.42 Å². The van der Waals surface area contributed by atoms with Crippen molar-refractivity contribution in [1.29, 1.82) is 0 Å². The van der Waals surface area contributed by atoms with E-state index in [1.807, 2.05) is 0 Å². The molecule has 2 N–H and O–H groups in total. The molecule has 1 aromatic heterocycles. The molecule has 1 atom stereocenters. The van der Waals surface area contributed by atoms with Crippen molar-refractivity contribution in [3.05, 3.63) is 23.7 Å². The van der Waals surface area contributed by atoms with Crippen molar-refractivity contribution in [2.24, 2.45) is 5.73 Å². The summed E-state index contributed by atoms with van der Waals surface area (Å²) >= 11 is 0. The highest BCUT2D eigenvalue weighted by atomic mass is 19.4. The van der Waals surface area contributed by atoms with Crippen LogP contribution in [-0.4, -0.2) is 6.18 Å². The molecule has 5 heteroatoms. The van der Waals surface area contributed by atoms with Gasteiger partial charge in [-0.05, 0) is 18.6 Å². The van der Waals surface area contributed by atoms with Crippen LogP contribution in [0.2, 0.25) is 0 Å². The fourth-order valence-electron chi connectivity index (χ4n) is 0.852. The van der Waals surface area contributed by atoms with Crippen LogP contribution in [0, 0.1) is 6.92 Å². The quantitative estimate of drug-likeness (QED) is 0.717. The van der Waals surface area contributed by atoms with Gasteiger partial charge in [0.2, 0.25) is 0 Å². The molecular weight excluding hydrogens is 171 g/mol. The number of alkyl halides is 3. The van der Waals surface area contributed by atoms with Crippen LogP contribution < -0.4 is 5.73 Å². The van der Waals surface area contributed by atoms with Crippen LogP contribution in [0.1, 0.15) is 17.4 Å². The van der Waals surface area contributed by atoms with E-state index >= 15 is 0 Å². The fraction of sp³-hybridized carbons (Fsp3) is 0.429. The average Bonchev–Trinajstić information content (AvgIpc) is 2.31. The molecule has 0 radical (unpaired) electrons. The number of halogens is 3. The van der Waals surface area contributed by atoms with Crippen LogP contribution in [0.4, 0.5) is 13.2 Å². The minimum absolute atomic E-state index is 0.220. The van der Waals surface area contributed by atoms with E-state index in [0.717, 1.165) is 0 Å². The number of rotatable bonds is 1. The third kappa shape index (κ3) is 1.61. The molecule has 12 heavy (non-hydrogen) atoms. The molecule has 0 bridgehead atoms. The summed E-state index contributed by atoms with van der Waals surface area (Å²) in [7, 11) is 0. The third-order valence-electron chi connectivity index (χ3n) is 1.54. The van der Waals surface area contributed by atoms with Gasteiger partial charge < -0.3 is 10.2 Å². The zero-order chi connectivity index (χ0) is 9.35. The molecule has 0 saturated heterocycles. The number of hydrogen-bond acceptors (Lipinski definition) is 2. The van der Waals surface area contributed by atoms with Gasteiger partial charge in [-0.2, -0.15) is 13.2 Å². The first kappa shape index (κ1) is 9.12. The fourth-order valence-corrected chi connectivity index (χ4v) is 0.852. The summed E-state index contributed by atoms with van der Waals surface area (Å²) < 4.78 is 40.6.